The maximum Gasteiger partial charge on any atom is 0.233 e. The molecule has 3 rings (SSSR count). The van der Waals surface area contributed by atoms with Gasteiger partial charge >= 0.3 is 0 Å². The van der Waals surface area contributed by atoms with Crippen LogP contribution in [-0.4, -0.2) is 46.0 Å². The van der Waals surface area contributed by atoms with Gasteiger partial charge in [-0.15, -0.1) is 5.10 Å². The molecule has 1 fully saturated rings. The van der Waals surface area contributed by atoms with Gasteiger partial charge in [0.2, 0.25) is 11.8 Å². The van der Waals surface area contributed by atoms with Crippen LogP contribution in [0, 0.1) is 6.92 Å². The van der Waals surface area contributed by atoms with E-state index in [9.17, 15) is 9.59 Å². The summed E-state index contributed by atoms with van der Waals surface area (Å²) in [5.74, 6) is 0.387. The predicted molar refractivity (Wildman–Crippen MR) is 102 cm³/mol. The zero-order valence-electron chi connectivity index (χ0n) is 15.2. The Hall–Kier alpha value is -2.47. The van der Waals surface area contributed by atoms with Gasteiger partial charge in [-0.05, 0) is 50.1 Å². The molecule has 0 aliphatic carbocycles. The van der Waals surface area contributed by atoms with Gasteiger partial charge in [-0.25, -0.2) is 0 Å². The lowest BCUT2D eigenvalue weighted by Crippen LogP contribution is -2.44. The van der Waals surface area contributed by atoms with Crippen LogP contribution in [0.15, 0.2) is 36.4 Å². The Morgan fingerprint density at radius 2 is 1.93 bits per heavy atom. The standard InChI is InChI=1S/C20H22ClN3O3/c1-14-4-10-19(23-22-14)27-17-3-2-12-24(13-17)20(26)11-9-18(25)15-5-7-16(21)8-6-15/h4-8,10,17H,2-3,9,11-13H2,1H3. The van der Waals surface area contributed by atoms with E-state index in [2.05, 4.69) is 10.2 Å². The molecule has 1 aliphatic heterocycles. The number of nitrogens with zero attached hydrogens (tertiary/aromatic N) is 3. The number of benzene rings is 1. The van der Waals surface area contributed by atoms with Crippen LogP contribution in [0.3, 0.4) is 0 Å². The quantitative estimate of drug-likeness (QED) is 0.709. The molecule has 1 unspecified atom stereocenters. The Labute approximate surface area is 163 Å². The number of aryl methyl sites for hydroxylation is 1. The molecular formula is C20H22ClN3O3. The van der Waals surface area contributed by atoms with Crippen molar-refractivity contribution in [3.8, 4) is 5.88 Å². The Kier molecular flexibility index (Phi) is 6.40. The van der Waals surface area contributed by atoms with Crippen molar-refractivity contribution in [1.29, 1.82) is 0 Å². The van der Waals surface area contributed by atoms with Crippen molar-refractivity contribution in [2.45, 2.75) is 38.7 Å². The molecule has 0 bridgehead atoms. The predicted octanol–water partition coefficient (Wildman–Crippen LogP) is 3.47. The van der Waals surface area contributed by atoms with Crippen molar-refractivity contribution in [2.24, 2.45) is 0 Å². The first-order chi connectivity index (χ1) is 13.0. The molecule has 2 aromatic rings. The molecule has 1 aromatic heterocycles. The van der Waals surface area contributed by atoms with Gasteiger partial charge in [0, 0.05) is 36.0 Å². The highest BCUT2D eigenvalue weighted by Gasteiger charge is 2.25. The van der Waals surface area contributed by atoms with Crippen molar-refractivity contribution in [2.75, 3.05) is 13.1 Å². The fourth-order valence-electron chi connectivity index (χ4n) is 3.04. The number of likely N-dealkylation sites (tertiary alicyclic amines) is 1. The molecule has 7 heteroatoms. The van der Waals surface area contributed by atoms with Crippen molar-refractivity contribution < 1.29 is 14.3 Å². The highest BCUT2D eigenvalue weighted by Crippen LogP contribution is 2.18. The molecule has 2 heterocycles. The number of carbonyl (C=O) groups is 2. The fraction of sp³-hybridized carbons (Fsp3) is 0.400. The summed E-state index contributed by atoms with van der Waals surface area (Å²) in [6.45, 7) is 3.06. The van der Waals surface area contributed by atoms with E-state index in [4.69, 9.17) is 16.3 Å². The summed E-state index contributed by atoms with van der Waals surface area (Å²) in [6, 6.07) is 10.4. The first kappa shape index (κ1) is 19.3. The second kappa shape index (κ2) is 8.95. The number of piperidine rings is 1. The molecule has 1 atom stereocenters. The van der Waals surface area contributed by atoms with Crippen LogP contribution < -0.4 is 4.74 Å². The number of Topliss-reactive ketones (excluding diaryl/α,β-unsaturated/α-hetero) is 1. The first-order valence-electron chi connectivity index (χ1n) is 9.05. The lowest BCUT2D eigenvalue weighted by Gasteiger charge is -2.32. The van der Waals surface area contributed by atoms with Crippen LogP contribution in [0.5, 0.6) is 5.88 Å². The van der Waals surface area contributed by atoms with Crippen LogP contribution >= 0.6 is 11.6 Å². The Morgan fingerprint density at radius 1 is 1.15 bits per heavy atom. The molecule has 0 radical (unpaired) electrons. The van der Waals surface area contributed by atoms with Crippen LogP contribution in [-0.2, 0) is 4.79 Å². The largest absolute Gasteiger partial charge is 0.471 e. The number of hydrogen-bond donors (Lipinski definition) is 0. The number of carbonyl (C=O) groups excluding carboxylic acids is 2. The summed E-state index contributed by atoms with van der Waals surface area (Å²) in [4.78, 5) is 26.5. The second-order valence-corrected chi connectivity index (χ2v) is 7.10. The van der Waals surface area contributed by atoms with Crippen molar-refractivity contribution in [1.82, 2.24) is 15.1 Å². The number of ketones is 1. The molecule has 1 amide bonds. The zero-order chi connectivity index (χ0) is 19.2. The smallest absolute Gasteiger partial charge is 0.233 e. The molecule has 0 spiro atoms. The van der Waals surface area contributed by atoms with Gasteiger partial charge in [-0.1, -0.05) is 11.6 Å². The molecule has 1 saturated heterocycles. The van der Waals surface area contributed by atoms with E-state index in [1.54, 1.807) is 35.2 Å². The Morgan fingerprint density at radius 3 is 2.63 bits per heavy atom. The summed E-state index contributed by atoms with van der Waals surface area (Å²) < 4.78 is 5.85. The number of ether oxygens (including phenoxy) is 1. The number of amides is 1. The average molecular weight is 388 g/mol. The van der Waals surface area contributed by atoms with Crippen LogP contribution in [0.2, 0.25) is 5.02 Å². The molecular weight excluding hydrogens is 366 g/mol. The maximum atomic E-state index is 12.5. The zero-order valence-corrected chi connectivity index (χ0v) is 16.0. The van der Waals surface area contributed by atoms with Crippen molar-refractivity contribution in [3.63, 3.8) is 0 Å². The maximum absolute atomic E-state index is 12.5. The topological polar surface area (TPSA) is 72.4 Å². The molecule has 6 nitrogen and oxygen atoms in total. The minimum Gasteiger partial charge on any atom is -0.471 e. The summed E-state index contributed by atoms with van der Waals surface area (Å²) in [5, 5.41) is 8.58. The van der Waals surface area contributed by atoms with E-state index in [1.807, 2.05) is 13.0 Å². The van der Waals surface area contributed by atoms with Gasteiger partial charge in [-0.3, -0.25) is 9.59 Å². The Balaban J connectivity index is 1.49. The van der Waals surface area contributed by atoms with Gasteiger partial charge in [0.25, 0.3) is 0 Å². The van der Waals surface area contributed by atoms with Crippen molar-refractivity contribution in [3.05, 3.63) is 52.7 Å². The van der Waals surface area contributed by atoms with E-state index in [1.165, 1.54) is 0 Å². The van der Waals surface area contributed by atoms with Crippen LogP contribution in [0.4, 0.5) is 0 Å². The van der Waals surface area contributed by atoms with Crippen LogP contribution in [0.1, 0.15) is 41.7 Å². The third-order valence-electron chi connectivity index (χ3n) is 4.52. The van der Waals surface area contributed by atoms with Gasteiger partial charge < -0.3 is 9.64 Å². The minimum atomic E-state index is -0.105. The minimum absolute atomic E-state index is 0.0272. The van der Waals surface area contributed by atoms with Crippen LogP contribution in [0.25, 0.3) is 0 Å². The van der Waals surface area contributed by atoms with E-state index >= 15 is 0 Å². The van der Waals surface area contributed by atoms with E-state index in [-0.39, 0.29) is 30.6 Å². The highest BCUT2D eigenvalue weighted by molar-refractivity contribution is 6.30. The number of halogens is 1. The molecule has 27 heavy (non-hydrogen) atoms. The molecule has 142 valence electrons. The third kappa shape index (κ3) is 5.50. The average Bonchev–Trinajstić information content (AvgIpc) is 2.68. The number of aromatic nitrogens is 2. The third-order valence-corrected chi connectivity index (χ3v) is 4.78. The van der Waals surface area contributed by atoms with E-state index in [0.717, 1.165) is 18.5 Å². The normalized spacial score (nSPS) is 16.8. The second-order valence-electron chi connectivity index (χ2n) is 6.66. The summed E-state index contributed by atoms with van der Waals surface area (Å²) >= 11 is 5.83. The van der Waals surface area contributed by atoms with Gasteiger partial charge in [0.15, 0.2) is 5.78 Å². The van der Waals surface area contributed by atoms with E-state index < -0.39 is 0 Å². The lowest BCUT2D eigenvalue weighted by molar-refractivity contribution is -0.133. The summed E-state index contributed by atoms with van der Waals surface area (Å²) in [5.41, 5.74) is 1.40. The monoisotopic (exact) mass is 387 g/mol. The molecule has 1 aromatic carbocycles. The fourth-order valence-corrected chi connectivity index (χ4v) is 3.17. The number of hydrogen-bond acceptors (Lipinski definition) is 5. The molecule has 0 saturated carbocycles. The summed E-state index contributed by atoms with van der Waals surface area (Å²) in [6.07, 6.45) is 2.00. The number of rotatable bonds is 6. The van der Waals surface area contributed by atoms with Gasteiger partial charge in [0.05, 0.1) is 12.2 Å². The Bertz CT molecular complexity index is 793. The highest BCUT2D eigenvalue weighted by atomic mass is 35.5. The van der Waals surface area contributed by atoms with Gasteiger partial charge in [0.1, 0.15) is 6.10 Å². The van der Waals surface area contributed by atoms with Crippen molar-refractivity contribution >= 4 is 23.3 Å². The SMILES string of the molecule is Cc1ccc(OC2CCCN(C(=O)CCC(=O)c3ccc(Cl)cc3)C2)nn1. The van der Waals surface area contributed by atoms with Gasteiger partial charge in [-0.2, -0.15) is 5.10 Å². The molecule has 0 N–H and O–H groups in total. The van der Waals surface area contributed by atoms with E-state index in [0.29, 0.717) is 29.6 Å². The first-order valence-corrected chi connectivity index (χ1v) is 9.42. The summed E-state index contributed by atoms with van der Waals surface area (Å²) in [7, 11) is 0. The molecule has 1 aliphatic rings. The lowest BCUT2D eigenvalue weighted by atomic mass is 10.0.